The Morgan fingerprint density at radius 2 is 2.05 bits per heavy atom. The Balaban J connectivity index is 1.71. The molecule has 0 radical (unpaired) electrons. The summed E-state index contributed by atoms with van der Waals surface area (Å²) in [6.45, 7) is 5.13. The highest BCUT2D eigenvalue weighted by molar-refractivity contribution is 6.06. The van der Waals surface area contributed by atoms with Gasteiger partial charge in [0, 0.05) is 38.6 Å². The number of imidazole rings is 1. The summed E-state index contributed by atoms with van der Waals surface area (Å²) in [5, 5.41) is 9.26. The van der Waals surface area contributed by atoms with Gasteiger partial charge in [-0.3, -0.25) is 9.20 Å². The molecule has 0 fully saturated rings. The number of carbonyl (C=O) groups is 1. The molecule has 190 valence electrons. The van der Waals surface area contributed by atoms with Gasteiger partial charge >= 0.3 is 0 Å². The molecular formula is C27H30N8O2. The molecule has 0 saturated carbocycles. The van der Waals surface area contributed by atoms with Crippen molar-refractivity contribution >= 4 is 34.6 Å². The number of hydrogen-bond acceptors (Lipinski definition) is 8. The van der Waals surface area contributed by atoms with Gasteiger partial charge in [0.25, 0.3) is 5.91 Å². The van der Waals surface area contributed by atoms with E-state index < -0.39 is 5.91 Å². The van der Waals surface area contributed by atoms with Gasteiger partial charge in [-0.15, -0.1) is 0 Å². The van der Waals surface area contributed by atoms with Crippen LogP contribution >= 0.6 is 0 Å². The number of rotatable bonds is 9. The molecule has 1 amide bonds. The van der Waals surface area contributed by atoms with Gasteiger partial charge in [0.05, 0.1) is 41.8 Å². The number of likely N-dealkylation sites (N-methyl/N-ethyl adjacent to an activating group) is 2. The van der Waals surface area contributed by atoms with E-state index in [1.165, 1.54) is 0 Å². The lowest BCUT2D eigenvalue weighted by Gasteiger charge is -2.24. The third kappa shape index (κ3) is 5.63. The van der Waals surface area contributed by atoms with Crippen LogP contribution in [0.4, 0.5) is 23.0 Å². The molecule has 0 bridgehead atoms. The van der Waals surface area contributed by atoms with Crippen LogP contribution in [-0.2, 0) is 4.79 Å². The molecule has 10 heteroatoms. The van der Waals surface area contributed by atoms with E-state index in [0.29, 0.717) is 28.8 Å². The van der Waals surface area contributed by atoms with Gasteiger partial charge in [0.15, 0.2) is 0 Å². The molecule has 3 heterocycles. The molecule has 0 saturated heterocycles. The Hall–Kier alpha value is -4.62. The number of methoxy groups -OCH3 is 1. The second-order valence-electron chi connectivity index (χ2n) is 8.34. The topological polar surface area (TPSA) is 109 Å². The Bertz CT molecular complexity index is 1490. The number of amides is 1. The molecule has 0 aliphatic heterocycles. The Labute approximate surface area is 216 Å². The number of fused-ring (bicyclic) bond motifs is 1. The lowest BCUT2D eigenvalue weighted by molar-refractivity contribution is -0.111. The van der Waals surface area contributed by atoms with Crippen LogP contribution in [0.15, 0.2) is 48.9 Å². The van der Waals surface area contributed by atoms with Gasteiger partial charge in [0.2, 0.25) is 5.95 Å². The molecule has 4 aromatic rings. The molecule has 37 heavy (non-hydrogen) atoms. The smallest absolute Gasteiger partial charge is 0.300 e. The minimum absolute atomic E-state index is 0.375. The van der Waals surface area contributed by atoms with E-state index in [2.05, 4.69) is 37.8 Å². The number of benzene rings is 1. The zero-order valence-corrected chi connectivity index (χ0v) is 21.6. The highest BCUT2D eigenvalue weighted by Crippen LogP contribution is 2.38. The second-order valence-corrected chi connectivity index (χ2v) is 8.34. The van der Waals surface area contributed by atoms with Crippen LogP contribution in [0.2, 0.25) is 0 Å². The maximum atomic E-state index is 12.3. The average molecular weight is 499 g/mol. The van der Waals surface area contributed by atoms with E-state index in [4.69, 9.17) is 9.72 Å². The van der Waals surface area contributed by atoms with Crippen molar-refractivity contribution in [2.45, 2.75) is 13.8 Å². The van der Waals surface area contributed by atoms with Crippen LogP contribution in [0.5, 0.6) is 5.75 Å². The molecule has 4 rings (SSSR count). The first-order valence-corrected chi connectivity index (χ1v) is 11.8. The summed E-state index contributed by atoms with van der Waals surface area (Å²) in [7, 11) is 5.43. The second kappa shape index (κ2) is 11.4. The minimum Gasteiger partial charge on any atom is -0.494 e. The van der Waals surface area contributed by atoms with Crippen molar-refractivity contribution in [2.75, 3.05) is 49.8 Å². The summed E-state index contributed by atoms with van der Waals surface area (Å²) >= 11 is 0. The van der Waals surface area contributed by atoms with Crippen LogP contribution < -0.4 is 25.6 Å². The third-order valence-electron chi connectivity index (χ3n) is 5.81. The molecule has 0 aliphatic carbocycles. The fourth-order valence-corrected chi connectivity index (χ4v) is 3.94. The number of aromatic nitrogens is 4. The molecular weight excluding hydrogens is 468 g/mol. The van der Waals surface area contributed by atoms with Crippen molar-refractivity contribution in [2.24, 2.45) is 0 Å². The number of nitrogens with zero attached hydrogens (tertiary/aromatic N) is 5. The highest BCUT2D eigenvalue weighted by atomic mass is 16.5. The summed E-state index contributed by atoms with van der Waals surface area (Å²) < 4.78 is 7.68. The standard InChI is InChI=1S/C27H30N8O2/c1-6-8-25(36)31-20-15-21(24(37-5)16-22(20)34(4)14-12-28-3)33-27-29-11-10-19(32-27)23-17-30-26-18(2)9-7-13-35(23)26/h7,9-11,13,15-17,28H,12,14H2,1-5H3,(H,31,36)(H,29,32,33). The average Bonchev–Trinajstić information content (AvgIpc) is 3.33. The third-order valence-corrected chi connectivity index (χ3v) is 5.81. The molecule has 1 aromatic carbocycles. The van der Waals surface area contributed by atoms with Crippen molar-refractivity contribution in [1.82, 2.24) is 24.7 Å². The molecule has 3 N–H and O–H groups in total. The lowest BCUT2D eigenvalue weighted by atomic mass is 10.2. The van der Waals surface area contributed by atoms with Gasteiger partial charge < -0.3 is 25.6 Å². The Morgan fingerprint density at radius 1 is 1.22 bits per heavy atom. The monoisotopic (exact) mass is 498 g/mol. The van der Waals surface area contributed by atoms with Gasteiger partial charge in [0.1, 0.15) is 11.4 Å². The predicted molar refractivity (Wildman–Crippen MR) is 147 cm³/mol. The lowest BCUT2D eigenvalue weighted by Crippen LogP contribution is -2.28. The zero-order valence-electron chi connectivity index (χ0n) is 21.6. The van der Waals surface area contributed by atoms with Crippen LogP contribution in [-0.4, -0.2) is 59.6 Å². The number of carbonyl (C=O) groups excluding carboxylic acids is 1. The fraction of sp³-hybridized carbons (Fsp3) is 0.259. The summed E-state index contributed by atoms with van der Waals surface area (Å²) in [4.78, 5) is 28.0. The SMILES string of the molecule is CC#CC(=O)Nc1cc(Nc2nccc(-c3cnc4c(C)cccn34)n2)c(OC)cc1N(C)CCNC. The molecule has 0 spiro atoms. The van der Waals surface area contributed by atoms with Crippen molar-refractivity contribution in [3.05, 3.63) is 54.5 Å². The molecule has 0 atom stereocenters. The van der Waals surface area contributed by atoms with Crippen molar-refractivity contribution in [1.29, 1.82) is 0 Å². The number of pyridine rings is 1. The zero-order chi connectivity index (χ0) is 26.4. The van der Waals surface area contributed by atoms with Crippen LogP contribution in [0.3, 0.4) is 0 Å². The highest BCUT2D eigenvalue weighted by Gasteiger charge is 2.17. The van der Waals surface area contributed by atoms with Crippen LogP contribution in [0.1, 0.15) is 12.5 Å². The van der Waals surface area contributed by atoms with Crippen molar-refractivity contribution in [3.63, 3.8) is 0 Å². The summed E-state index contributed by atoms with van der Waals surface area (Å²) in [6, 6.07) is 9.50. The Morgan fingerprint density at radius 3 is 2.81 bits per heavy atom. The van der Waals surface area contributed by atoms with E-state index in [-0.39, 0.29) is 0 Å². The van der Waals surface area contributed by atoms with E-state index in [1.807, 2.05) is 60.8 Å². The number of hydrogen-bond donors (Lipinski definition) is 3. The maximum absolute atomic E-state index is 12.3. The number of ether oxygens (including phenoxy) is 1. The van der Waals surface area contributed by atoms with Gasteiger partial charge in [-0.05, 0) is 50.6 Å². The number of aryl methyl sites for hydroxylation is 1. The maximum Gasteiger partial charge on any atom is 0.300 e. The predicted octanol–water partition coefficient (Wildman–Crippen LogP) is 3.47. The van der Waals surface area contributed by atoms with Gasteiger partial charge in [-0.25, -0.2) is 15.0 Å². The van der Waals surface area contributed by atoms with Crippen LogP contribution in [0, 0.1) is 18.8 Å². The van der Waals surface area contributed by atoms with Crippen molar-refractivity contribution < 1.29 is 9.53 Å². The van der Waals surface area contributed by atoms with E-state index in [1.54, 1.807) is 32.5 Å². The van der Waals surface area contributed by atoms with Crippen molar-refractivity contribution in [3.8, 4) is 29.0 Å². The van der Waals surface area contributed by atoms with Gasteiger partial charge in [-0.1, -0.05) is 12.0 Å². The fourth-order valence-electron chi connectivity index (χ4n) is 3.94. The summed E-state index contributed by atoms with van der Waals surface area (Å²) in [5.74, 6) is 5.71. The minimum atomic E-state index is -0.400. The first kappa shape index (κ1) is 25.5. The molecule has 0 aliphatic rings. The van der Waals surface area contributed by atoms with E-state index in [0.717, 1.165) is 35.7 Å². The molecule has 10 nitrogen and oxygen atoms in total. The Kier molecular flexibility index (Phi) is 7.86. The molecule has 3 aromatic heterocycles. The first-order chi connectivity index (χ1) is 17.9. The van der Waals surface area contributed by atoms with E-state index in [9.17, 15) is 4.79 Å². The molecule has 0 unspecified atom stereocenters. The number of anilines is 4. The van der Waals surface area contributed by atoms with E-state index >= 15 is 0 Å². The van der Waals surface area contributed by atoms with Gasteiger partial charge in [-0.2, -0.15) is 0 Å². The summed E-state index contributed by atoms with van der Waals surface area (Å²) in [5.41, 5.74) is 5.49. The largest absolute Gasteiger partial charge is 0.494 e. The number of nitrogens with one attached hydrogen (secondary N) is 3. The summed E-state index contributed by atoms with van der Waals surface area (Å²) in [6.07, 6.45) is 5.44. The first-order valence-electron chi connectivity index (χ1n) is 11.8. The van der Waals surface area contributed by atoms with Crippen LogP contribution in [0.25, 0.3) is 17.0 Å². The normalized spacial score (nSPS) is 10.5. The quantitative estimate of drug-likeness (QED) is 0.301.